The fourth-order valence-corrected chi connectivity index (χ4v) is 3.77. The van der Waals surface area contributed by atoms with Crippen LogP contribution in [0.15, 0.2) is 4.63 Å². The van der Waals surface area contributed by atoms with Crippen LogP contribution in [0, 0.1) is 5.92 Å². The van der Waals surface area contributed by atoms with Crippen LogP contribution in [0.4, 0.5) is 11.6 Å². The van der Waals surface area contributed by atoms with Gasteiger partial charge in [0.1, 0.15) is 0 Å². The monoisotopic (exact) mass is 346 g/mol. The number of fused-ring (bicyclic) bond motifs is 1. The lowest BCUT2D eigenvalue weighted by Gasteiger charge is -2.31. The summed E-state index contributed by atoms with van der Waals surface area (Å²) in [7, 11) is 2.10. The molecule has 0 spiro atoms. The van der Waals surface area contributed by atoms with Gasteiger partial charge >= 0.3 is 0 Å². The van der Waals surface area contributed by atoms with Crippen LogP contribution in [0.5, 0.6) is 0 Å². The summed E-state index contributed by atoms with van der Waals surface area (Å²) in [4.78, 5) is 14.0. The molecule has 2 aliphatic rings. The molecule has 0 bridgehead atoms. The zero-order valence-electron chi connectivity index (χ0n) is 14.9. The van der Waals surface area contributed by atoms with E-state index in [2.05, 4.69) is 27.2 Å². The fourth-order valence-electron chi connectivity index (χ4n) is 3.77. The quantitative estimate of drug-likeness (QED) is 0.834. The lowest BCUT2D eigenvalue weighted by Crippen LogP contribution is -2.33. The van der Waals surface area contributed by atoms with Crippen LogP contribution in [0.25, 0.3) is 11.3 Å². The van der Waals surface area contributed by atoms with E-state index in [-0.39, 0.29) is 0 Å². The van der Waals surface area contributed by atoms with Crippen molar-refractivity contribution in [2.24, 2.45) is 5.92 Å². The zero-order valence-corrected chi connectivity index (χ0v) is 14.9. The van der Waals surface area contributed by atoms with Crippen LogP contribution in [0.1, 0.15) is 38.5 Å². The van der Waals surface area contributed by atoms with E-state index in [0.29, 0.717) is 17.2 Å². The third-order valence-electron chi connectivity index (χ3n) is 5.22. The van der Waals surface area contributed by atoms with Crippen LogP contribution >= 0.6 is 0 Å². The van der Waals surface area contributed by atoms with E-state index in [4.69, 9.17) is 19.3 Å². The molecule has 0 radical (unpaired) electrons. The minimum Gasteiger partial charge on any atom is -0.381 e. The van der Waals surface area contributed by atoms with E-state index >= 15 is 0 Å². The van der Waals surface area contributed by atoms with Gasteiger partial charge in [0.25, 0.3) is 0 Å². The van der Waals surface area contributed by atoms with Gasteiger partial charge in [0, 0.05) is 39.9 Å². The SMILES string of the molecule is CN(CC1CCOCC1)c1nc2nonc2nc1N1CCCCCC1. The average Bonchev–Trinajstić information content (AvgIpc) is 2.93. The summed E-state index contributed by atoms with van der Waals surface area (Å²) in [5.74, 6) is 2.43. The molecule has 0 aliphatic carbocycles. The second kappa shape index (κ2) is 7.51. The van der Waals surface area contributed by atoms with E-state index < -0.39 is 0 Å². The molecule has 4 heterocycles. The molecule has 0 N–H and O–H groups in total. The highest BCUT2D eigenvalue weighted by molar-refractivity contribution is 5.74. The van der Waals surface area contributed by atoms with Crippen LogP contribution in [0.2, 0.25) is 0 Å². The normalized spacial score (nSPS) is 20.0. The molecule has 2 saturated heterocycles. The minimum absolute atomic E-state index is 0.479. The zero-order chi connectivity index (χ0) is 17.1. The molecule has 4 rings (SSSR count). The van der Waals surface area contributed by atoms with Gasteiger partial charge < -0.3 is 14.5 Å². The molecule has 2 aromatic rings. The van der Waals surface area contributed by atoms with Crippen molar-refractivity contribution in [3.05, 3.63) is 0 Å². The molecule has 0 unspecified atom stereocenters. The molecule has 8 heteroatoms. The van der Waals surface area contributed by atoms with Crippen molar-refractivity contribution < 1.29 is 9.37 Å². The van der Waals surface area contributed by atoms with E-state index in [1.165, 1.54) is 25.7 Å². The number of rotatable bonds is 4. The van der Waals surface area contributed by atoms with Crippen LogP contribution in [0.3, 0.4) is 0 Å². The number of aromatic nitrogens is 4. The summed E-state index contributed by atoms with van der Waals surface area (Å²) in [5, 5.41) is 7.78. The predicted octanol–water partition coefficient (Wildman–Crippen LogP) is 2.26. The number of hydrogen-bond donors (Lipinski definition) is 0. The Morgan fingerprint density at radius 3 is 2.40 bits per heavy atom. The molecule has 0 aromatic carbocycles. The Labute approximate surface area is 147 Å². The highest BCUT2D eigenvalue weighted by atomic mass is 16.6. The maximum atomic E-state index is 5.48. The smallest absolute Gasteiger partial charge is 0.245 e. The number of hydrogen-bond acceptors (Lipinski definition) is 8. The lowest BCUT2D eigenvalue weighted by molar-refractivity contribution is 0.0685. The van der Waals surface area contributed by atoms with Crippen molar-refractivity contribution in [1.82, 2.24) is 20.3 Å². The lowest BCUT2D eigenvalue weighted by atomic mass is 10.00. The van der Waals surface area contributed by atoms with E-state index in [0.717, 1.165) is 57.3 Å². The Hall–Kier alpha value is -1.96. The molecule has 2 aromatic heterocycles. The molecular weight excluding hydrogens is 320 g/mol. The van der Waals surface area contributed by atoms with E-state index in [9.17, 15) is 0 Å². The molecular formula is C17H26N6O2. The Morgan fingerprint density at radius 2 is 1.68 bits per heavy atom. The second-order valence-electron chi connectivity index (χ2n) is 7.12. The third-order valence-corrected chi connectivity index (χ3v) is 5.22. The van der Waals surface area contributed by atoms with Gasteiger partial charge in [-0.1, -0.05) is 12.8 Å². The molecule has 0 saturated carbocycles. The Kier molecular flexibility index (Phi) is 4.96. The van der Waals surface area contributed by atoms with Gasteiger partial charge in [-0.15, -0.1) is 0 Å². The van der Waals surface area contributed by atoms with Crippen molar-refractivity contribution in [2.75, 3.05) is 49.7 Å². The van der Waals surface area contributed by atoms with Gasteiger partial charge in [-0.25, -0.2) is 14.6 Å². The molecule has 0 atom stereocenters. The first-order valence-electron chi connectivity index (χ1n) is 9.35. The van der Waals surface area contributed by atoms with Gasteiger partial charge in [0.2, 0.25) is 11.3 Å². The summed E-state index contributed by atoms with van der Waals surface area (Å²) >= 11 is 0. The first-order valence-corrected chi connectivity index (χ1v) is 9.35. The Balaban J connectivity index is 1.63. The van der Waals surface area contributed by atoms with Crippen LogP contribution in [-0.4, -0.2) is 60.2 Å². The third kappa shape index (κ3) is 3.68. The van der Waals surface area contributed by atoms with Crippen molar-refractivity contribution in [2.45, 2.75) is 38.5 Å². The van der Waals surface area contributed by atoms with Crippen molar-refractivity contribution in [3.63, 3.8) is 0 Å². The highest BCUT2D eigenvalue weighted by Crippen LogP contribution is 2.30. The van der Waals surface area contributed by atoms with E-state index in [1.807, 2.05) is 0 Å². The van der Waals surface area contributed by atoms with Crippen molar-refractivity contribution in [1.29, 1.82) is 0 Å². The van der Waals surface area contributed by atoms with Gasteiger partial charge in [0.15, 0.2) is 11.6 Å². The second-order valence-corrected chi connectivity index (χ2v) is 7.12. The van der Waals surface area contributed by atoms with Crippen molar-refractivity contribution >= 4 is 22.9 Å². The van der Waals surface area contributed by atoms with Gasteiger partial charge in [-0.3, -0.25) is 0 Å². The summed E-state index contributed by atoms with van der Waals surface area (Å²) in [6.45, 7) is 4.70. The van der Waals surface area contributed by atoms with Gasteiger partial charge in [0.05, 0.1) is 0 Å². The first-order chi connectivity index (χ1) is 12.3. The molecule has 2 fully saturated rings. The van der Waals surface area contributed by atoms with Gasteiger partial charge in [-0.05, 0) is 41.9 Å². The summed E-state index contributed by atoms with van der Waals surface area (Å²) in [6.07, 6.45) is 7.16. The molecule has 8 nitrogen and oxygen atoms in total. The largest absolute Gasteiger partial charge is 0.381 e. The van der Waals surface area contributed by atoms with Crippen LogP contribution < -0.4 is 9.80 Å². The number of ether oxygens (including phenoxy) is 1. The predicted molar refractivity (Wildman–Crippen MR) is 94.9 cm³/mol. The van der Waals surface area contributed by atoms with E-state index in [1.54, 1.807) is 0 Å². The maximum absolute atomic E-state index is 5.48. The summed E-state index contributed by atoms with van der Waals surface area (Å²) < 4.78 is 10.3. The van der Waals surface area contributed by atoms with Crippen LogP contribution in [-0.2, 0) is 4.74 Å². The molecule has 0 amide bonds. The summed E-state index contributed by atoms with van der Waals surface area (Å²) in [5.41, 5.74) is 0.967. The summed E-state index contributed by atoms with van der Waals surface area (Å²) in [6, 6.07) is 0. The Morgan fingerprint density at radius 1 is 1.00 bits per heavy atom. The number of anilines is 2. The Bertz CT molecular complexity index is 692. The maximum Gasteiger partial charge on any atom is 0.245 e. The molecule has 136 valence electrons. The first kappa shape index (κ1) is 16.5. The fraction of sp³-hybridized carbons (Fsp3) is 0.765. The van der Waals surface area contributed by atoms with Gasteiger partial charge in [-0.2, -0.15) is 0 Å². The molecule has 2 aliphatic heterocycles. The molecule has 25 heavy (non-hydrogen) atoms. The number of nitrogens with zero attached hydrogens (tertiary/aromatic N) is 6. The standard InChI is InChI=1S/C17H26N6O2/c1-22(12-13-6-10-24-11-7-13)16-17(23-8-4-2-3-5-9-23)19-15-14(18-16)20-25-21-15/h13H,2-12H2,1H3. The average molecular weight is 346 g/mol. The topological polar surface area (TPSA) is 80.4 Å². The minimum atomic E-state index is 0.479. The van der Waals surface area contributed by atoms with Crippen molar-refractivity contribution in [3.8, 4) is 0 Å². The highest BCUT2D eigenvalue weighted by Gasteiger charge is 2.24.